The molecule has 0 radical (unpaired) electrons. The van der Waals surface area contributed by atoms with Crippen LogP contribution >= 0.6 is 11.8 Å². The molecule has 1 aliphatic heterocycles. The Bertz CT molecular complexity index is 267. The van der Waals surface area contributed by atoms with Gasteiger partial charge in [-0.05, 0) is 17.5 Å². The molecule has 1 heterocycles. The van der Waals surface area contributed by atoms with E-state index in [0.717, 1.165) is 11.2 Å². The maximum atomic E-state index is 2.31. The molecule has 1 heteroatoms. The van der Waals surface area contributed by atoms with Crippen LogP contribution in [0.1, 0.15) is 25.3 Å². The fourth-order valence-corrected chi connectivity index (χ4v) is 2.82. The van der Waals surface area contributed by atoms with E-state index >= 15 is 0 Å². The van der Waals surface area contributed by atoms with Gasteiger partial charge in [-0.15, -0.1) is 11.8 Å². The first-order valence-electron chi connectivity index (χ1n) is 4.04. The molecule has 1 aromatic carbocycles. The Morgan fingerprint density at radius 2 is 1.91 bits per heavy atom. The number of rotatable bonds is 0. The topological polar surface area (TPSA) is 0 Å². The summed E-state index contributed by atoms with van der Waals surface area (Å²) >= 11 is 2.00. The Kier molecular flexibility index (Phi) is 1.68. The lowest BCUT2D eigenvalue weighted by atomic mass is 9.99. The van der Waals surface area contributed by atoms with Crippen molar-refractivity contribution in [3.63, 3.8) is 0 Å². The van der Waals surface area contributed by atoms with Gasteiger partial charge in [0.1, 0.15) is 0 Å². The number of hydrogen-bond acceptors (Lipinski definition) is 1. The van der Waals surface area contributed by atoms with Crippen LogP contribution in [0.15, 0.2) is 29.2 Å². The SMILES string of the molecule is CC1c2ccccc2S[C@@H]1C. The van der Waals surface area contributed by atoms with E-state index in [1.165, 1.54) is 10.5 Å². The summed E-state index contributed by atoms with van der Waals surface area (Å²) in [6.07, 6.45) is 0. The van der Waals surface area contributed by atoms with Gasteiger partial charge in [0.15, 0.2) is 0 Å². The van der Waals surface area contributed by atoms with Crippen molar-refractivity contribution >= 4 is 11.8 Å². The smallest absolute Gasteiger partial charge is 0.0133 e. The van der Waals surface area contributed by atoms with E-state index in [-0.39, 0.29) is 0 Å². The third kappa shape index (κ3) is 1.08. The van der Waals surface area contributed by atoms with Gasteiger partial charge in [0.05, 0.1) is 0 Å². The van der Waals surface area contributed by atoms with Crippen LogP contribution in [0.5, 0.6) is 0 Å². The molecule has 0 saturated heterocycles. The highest BCUT2D eigenvalue weighted by Gasteiger charge is 2.25. The Balaban J connectivity index is 2.47. The van der Waals surface area contributed by atoms with Gasteiger partial charge in [0.2, 0.25) is 0 Å². The maximum absolute atomic E-state index is 2.31. The minimum Gasteiger partial charge on any atom is -0.122 e. The van der Waals surface area contributed by atoms with Crippen molar-refractivity contribution in [2.45, 2.75) is 29.9 Å². The van der Waals surface area contributed by atoms with Gasteiger partial charge < -0.3 is 0 Å². The lowest BCUT2D eigenvalue weighted by Gasteiger charge is -2.06. The molecule has 11 heavy (non-hydrogen) atoms. The van der Waals surface area contributed by atoms with Gasteiger partial charge in [-0.3, -0.25) is 0 Å². The van der Waals surface area contributed by atoms with Crippen LogP contribution in [0.3, 0.4) is 0 Å². The molecule has 0 nitrogen and oxygen atoms in total. The summed E-state index contributed by atoms with van der Waals surface area (Å²) in [5.41, 5.74) is 1.53. The molecule has 1 aromatic rings. The van der Waals surface area contributed by atoms with Crippen LogP contribution in [-0.2, 0) is 0 Å². The Morgan fingerprint density at radius 3 is 2.64 bits per heavy atom. The molecule has 0 N–H and O–H groups in total. The first-order chi connectivity index (χ1) is 5.29. The highest BCUT2D eigenvalue weighted by atomic mass is 32.2. The van der Waals surface area contributed by atoms with Gasteiger partial charge in [0.25, 0.3) is 0 Å². The van der Waals surface area contributed by atoms with Crippen molar-refractivity contribution in [1.29, 1.82) is 0 Å². The van der Waals surface area contributed by atoms with E-state index in [0.29, 0.717) is 0 Å². The van der Waals surface area contributed by atoms with E-state index in [2.05, 4.69) is 38.1 Å². The number of hydrogen-bond donors (Lipinski definition) is 0. The monoisotopic (exact) mass is 164 g/mol. The van der Waals surface area contributed by atoms with Crippen LogP contribution in [-0.4, -0.2) is 5.25 Å². The summed E-state index contributed by atoms with van der Waals surface area (Å²) in [6.45, 7) is 4.61. The molecule has 1 aliphatic rings. The number of thioether (sulfide) groups is 1. The van der Waals surface area contributed by atoms with Gasteiger partial charge in [-0.25, -0.2) is 0 Å². The summed E-state index contributed by atoms with van der Waals surface area (Å²) < 4.78 is 0. The van der Waals surface area contributed by atoms with Crippen LogP contribution < -0.4 is 0 Å². The van der Waals surface area contributed by atoms with Crippen molar-refractivity contribution in [2.75, 3.05) is 0 Å². The quantitative estimate of drug-likeness (QED) is 0.567. The van der Waals surface area contributed by atoms with Crippen molar-refractivity contribution in [3.8, 4) is 0 Å². The summed E-state index contributed by atoms with van der Waals surface area (Å²) in [4.78, 5) is 1.48. The third-order valence-corrected chi connectivity index (χ3v) is 3.83. The fraction of sp³-hybridized carbons (Fsp3) is 0.400. The van der Waals surface area contributed by atoms with Gasteiger partial charge >= 0.3 is 0 Å². The van der Waals surface area contributed by atoms with Crippen LogP contribution in [0.4, 0.5) is 0 Å². The third-order valence-electron chi connectivity index (χ3n) is 2.43. The number of benzene rings is 1. The molecule has 2 atom stereocenters. The van der Waals surface area contributed by atoms with Crippen molar-refractivity contribution in [1.82, 2.24) is 0 Å². The molecule has 0 spiro atoms. The minimum absolute atomic E-state index is 0.733. The largest absolute Gasteiger partial charge is 0.122 e. The molecule has 0 fully saturated rings. The molecular formula is C10H12S. The Hall–Kier alpha value is -0.430. The number of fused-ring (bicyclic) bond motifs is 1. The highest BCUT2D eigenvalue weighted by Crippen LogP contribution is 2.44. The predicted octanol–water partition coefficient (Wildman–Crippen LogP) is 3.28. The lowest BCUT2D eigenvalue weighted by molar-refractivity contribution is 0.762. The summed E-state index contributed by atoms with van der Waals surface area (Å²) in [6, 6.07) is 8.72. The second kappa shape index (κ2) is 2.56. The first-order valence-corrected chi connectivity index (χ1v) is 4.92. The van der Waals surface area contributed by atoms with E-state index in [9.17, 15) is 0 Å². The molecule has 0 amide bonds. The second-order valence-electron chi connectivity index (χ2n) is 3.15. The highest BCUT2D eigenvalue weighted by molar-refractivity contribution is 8.00. The predicted molar refractivity (Wildman–Crippen MR) is 50.2 cm³/mol. The van der Waals surface area contributed by atoms with E-state index < -0.39 is 0 Å². The van der Waals surface area contributed by atoms with Crippen LogP contribution in [0.2, 0.25) is 0 Å². The van der Waals surface area contributed by atoms with Crippen LogP contribution in [0, 0.1) is 0 Å². The zero-order chi connectivity index (χ0) is 7.84. The van der Waals surface area contributed by atoms with E-state index in [1.54, 1.807) is 0 Å². The first kappa shape index (κ1) is 7.23. The normalized spacial score (nSPS) is 28.5. The van der Waals surface area contributed by atoms with Gasteiger partial charge in [-0.1, -0.05) is 32.0 Å². The Labute approximate surface area is 72.0 Å². The van der Waals surface area contributed by atoms with Crippen molar-refractivity contribution in [3.05, 3.63) is 29.8 Å². The molecule has 58 valence electrons. The molecule has 1 unspecified atom stereocenters. The molecule has 0 aliphatic carbocycles. The molecular weight excluding hydrogens is 152 g/mol. The van der Waals surface area contributed by atoms with Crippen molar-refractivity contribution < 1.29 is 0 Å². The van der Waals surface area contributed by atoms with Gasteiger partial charge in [0, 0.05) is 10.1 Å². The zero-order valence-electron chi connectivity index (χ0n) is 6.87. The van der Waals surface area contributed by atoms with Crippen LogP contribution in [0.25, 0.3) is 0 Å². The van der Waals surface area contributed by atoms with E-state index in [1.807, 2.05) is 11.8 Å². The average molecular weight is 164 g/mol. The van der Waals surface area contributed by atoms with Gasteiger partial charge in [-0.2, -0.15) is 0 Å². The zero-order valence-corrected chi connectivity index (χ0v) is 7.69. The fourth-order valence-electron chi connectivity index (χ4n) is 1.52. The summed E-state index contributed by atoms with van der Waals surface area (Å²) in [5, 5.41) is 0.757. The molecule has 2 rings (SSSR count). The molecule has 0 bridgehead atoms. The minimum atomic E-state index is 0.733. The lowest BCUT2D eigenvalue weighted by Crippen LogP contribution is -1.99. The molecule has 0 saturated carbocycles. The average Bonchev–Trinajstić information content (AvgIpc) is 2.30. The second-order valence-corrected chi connectivity index (χ2v) is 4.57. The Morgan fingerprint density at radius 1 is 1.18 bits per heavy atom. The standard InChI is InChI=1S/C10H12S/c1-7-8(2)11-10-6-4-3-5-9(7)10/h3-8H,1-2H3/t7?,8-/m1/s1. The van der Waals surface area contributed by atoms with E-state index in [4.69, 9.17) is 0 Å². The maximum Gasteiger partial charge on any atom is 0.0133 e. The molecule has 0 aromatic heterocycles. The summed E-state index contributed by atoms with van der Waals surface area (Å²) in [7, 11) is 0. The van der Waals surface area contributed by atoms with Crippen molar-refractivity contribution in [2.24, 2.45) is 0 Å². The summed E-state index contributed by atoms with van der Waals surface area (Å²) in [5.74, 6) is 0.733.